The van der Waals surface area contributed by atoms with Crippen LogP contribution in [0.1, 0.15) is 24.5 Å². The average Bonchev–Trinajstić information content (AvgIpc) is 2.83. The van der Waals surface area contributed by atoms with Crippen molar-refractivity contribution < 1.29 is 4.79 Å². The van der Waals surface area contributed by atoms with Crippen molar-refractivity contribution in [2.75, 3.05) is 5.32 Å². The maximum absolute atomic E-state index is 11.9. The fourth-order valence-corrected chi connectivity index (χ4v) is 2.74. The largest absolute Gasteiger partial charge is 0.325 e. The molecule has 2 aromatic carbocycles. The lowest BCUT2D eigenvalue weighted by Gasteiger charge is -2.10. The fraction of sp³-hybridized carbons (Fsp3) is 0.235. The van der Waals surface area contributed by atoms with E-state index in [1.807, 2.05) is 13.0 Å². The van der Waals surface area contributed by atoms with Gasteiger partial charge in [0.05, 0.1) is 4.83 Å². The van der Waals surface area contributed by atoms with Crippen molar-refractivity contribution in [3.05, 3.63) is 53.6 Å². The highest BCUT2D eigenvalue weighted by molar-refractivity contribution is 9.10. The third-order valence-electron chi connectivity index (χ3n) is 3.70. The van der Waals surface area contributed by atoms with Gasteiger partial charge < -0.3 is 5.32 Å². The Morgan fingerprint density at radius 1 is 1.20 bits per heavy atom. The van der Waals surface area contributed by atoms with E-state index in [9.17, 15) is 4.79 Å². The molecule has 20 heavy (non-hydrogen) atoms. The van der Waals surface area contributed by atoms with Crippen molar-refractivity contribution in [2.45, 2.75) is 24.6 Å². The summed E-state index contributed by atoms with van der Waals surface area (Å²) < 4.78 is 0. The molecule has 3 heteroatoms. The molecule has 1 N–H and O–H groups in total. The summed E-state index contributed by atoms with van der Waals surface area (Å²) in [5.74, 6) is 0.0166. The van der Waals surface area contributed by atoms with Gasteiger partial charge in [-0.05, 0) is 47.2 Å². The molecule has 3 rings (SSSR count). The highest BCUT2D eigenvalue weighted by Gasteiger charge is 2.19. The van der Waals surface area contributed by atoms with Crippen molar-refractivity contribution >= 4 is 27.5 Å². The van der Waals surface area contributed by atoms with Gasteiger partial charge in [0.1, 0.15) is 0 Å². The van der Waals surface area contributed by atoms with E-state index in [0.29, 0.717) is 0 Å². The second-order valence-corrected chi connectivity index (χ2v) is 6.18. The van der Waals surface area contributed by atoms with Gasteiger partial charge in [0.2, 0.25) is 5.91 Å². The van der Waals surface area contributed by atoms with E-state index in [0.717, 1.165) is 18.5 Å². The van der Waals surface area contributed by atoms with E-state index in [2.05, 4.69) is 57.6 Å². The molecule has 0 aliphatic heterocycles. The number of alkyl halides is 1. The zero-order valence-corrected chi connectivity index (χ0v) is 12.9. The number of rotatable bonds is 3. The van der Waals surface area contributed by atoms with Crippen LogP contribution < -0.4 is 5.32 Å². The predicted molar refractivity (Wildman–Crippen MR) is 86.3 cm³/mol. The number of amides is 1. The summed E-state index contributed by atoms with van der Waals surface area (Å²) in [5, 5.41) is 2.96. The first-order valence-corrected chi connectivity index (χ1v) is 7.76. The molecule has 2 aromatic rings. The van der Waals surface area contributed by atoms with Crippen LogP contribution in [-0.2, 0) is 11.2 Å². The molecule has 0 spiro atoms. The van der Waals surface area contributed by atoms with E-state index in [1.54, 1.807) is 0 Å². The summed E-state index contributed by atoms with van der Waals surface area (Å²) in [6, 6.07) is 14.6. The smallest absolute Gasteiger partial charge is 0.238 e. The van der Waals surface area contributed by atoms with Crippen LogP contribution in [-0.4, -0.2) is 10.7 Å². The topological polar surface area (TPSA) is 29.1 Å². The van der Waals surface area contributed by atoms with Gasteiger partial charge in [-0.25, -0.2) is 0 Å². The number of benzene rings is 2. The highest BCUT2D eigenvalue weighted by atomic mass is 79.9. The number of nitrogens with one attached hydrogen (secondary N) is 1. The molecule has 0 bridgehead atoms. The normalized spacial score (nSPS) is 13.5. The number of hydrogen-bond acceptors (Lipinski definition) is 1. The van der Waals surface area contributed by atoms with E-state index < -0.39 is 0 Å². The Balaban J connectivity index is 1.86. The average molecular weight is 330 g/mol. The lowest BCUT2D eigenvalue weighted by atomic mass is 10.1. The van der Waals surface area contributed by atoms with E-state index in [-0.39, 0.29) is 10.7 Å². The maximum Gasteiger partial charge on any atom is 0.238 e. The molecule has 1 aliphatic carbocycles. The highest BCUT2D eigenvalue weighted by Crippen LogP contribution is 2.37. The SMILES string of the molecule is CCC(Br)C(=O)Nc1ccc2c(c1)Cc1ccccc1-2. The summed E-state index contributed by atoms with van der Waals surface area (Å²) in [5.41, 5.74) is 6.11. The van der Waals surface area contributed by atoms with Crippen LogP contribution in [0.4, 0.5) is 5.69 Å². The summed E-state index contributed by atoms with van der Waals surface area (Å²) in [6.45, 7) is 1.98. The molecule has 1 unspecified atom stereocenters. The van der Waals surface area contributed by atoms with Gasteiger partial charge in [-0.3, -0.25) is 4.79 Å². The molecule has 0 saturated carbocycles. The minimum Gasteiger partial charge on any atom is -0.325 e. The van der Waals surface area contributed by atoms with Crippen LogP contribution in [0.2, 0.25) is 0 Å². The van der Waals surface area contributed by atoms with Crippen LogP contribution in [0.5, 0.6) is 0 Å². The third-order valence-corrected chi connectivity index (χ3v) is 4.77. The van der Waals surface area contributed by atoms with Crippen LogP contribution in [0.15, 0.2) is 42.5 Å². The van der Waals surface area contributed by atoms with E-state index in [1.165, 1.54) is 22.3 Å². The number of halogens is 1. The number of anilines is 1. The summed E-state index contributed by atoms with van der Waals surface area (Å²) in [4.78, 5) is 11.8. The van der Waals surface area contributed by atoms with Gasteiger partial charge in [-0.15, -0.1) is 0 Å². The molecule has 0 saturated heterocycles. The molecule has 1 amide bonds. The Labute approximate surface area is 127 Å². The van der Waals surface area contributed by atoms with E-state index in [4.69, 9.17) is 0 Å². The maximum atomic E-state index is 11.9. The fourth-order valence-electron chi connectivity index (χ4n) is 2.63. The van der Waals surface area contributed by atoms with Gasteiger partial charge >= 0.3 is 0 Å². The quantitative estimate of drug-likeness (QED) is 0.710. The summed E-state index contributed by atoms with van der Waals surface area (Å²) in [7, 11) is 0. The lowest BCUT2D eigenvalue weighted by molar-refractivity contribution is -0.115. The van der Waals surface area contributed by atoms with Crippen LogP contribution in [0.25, 0.3) is 11.1 Å². The molecular weight excluding hydrogens is 314 g/mol. The Hall–Kier alpha value is -1.61. The Morgan fingerprint density at radius 2 is 1.95 bits per heavy atom. The van der Waals surface area contributed by atoms with Crippen molar-refractivity contribution in [3.63, 3.8) is 0 Å². The Bertz CT molecular complexity index is 666. The second kappa shape index (κ2) is 5.41. The van der Waals surface area contributed by atoms with E-state index >= 15 is 0 Å². The van der Waals surface area contributed by atoms with Crippen LogP contribution >= 0.6 is 15.9 Å². The number of hydrogen-bond donors (Lipinski definition) is 1. The van der Waals surface area contributed by atoms with Crippen LogP contribution in [0, 0.1) is 0 Å². The molecule has 0 heterocycles. The lowest BCUT2D eigenvalue weighted by Crippen LogP contribution is -2.21. The van der Waals surface area contributed by atoms with Crippen molar-refractivity contribution in [2.24, 2.45) is 0 Å². The molecule has 1 aliphatic rings. The Morgan fingerprint density at radius 3 is 2.75 bits per heavy atom. The second-order valence-electron chi connectivity index (χ2n) is 5.07. The van der Waals surface area contributed by atoms with Gasteiger partial charge in [-0.1, -0.05) is 53.2 Å². The molecule has 2 nitrogen and oxygen atoms in total. The molecule has 0 radical (unpaired) electrons. The molecule has 102 valence electrons. The third kappa shape index (κ3) is 2.38. The predicted octanol–water partition coefficient (Wildman–Crippen LogP) is 4.37. The minimum atomic E-state index is -0.132. The first-order chi connectivity index (χ1) is 9.69. The summed E-state index contributed by atoms with van der Waals surface area (Å²) in [6.07, 6.45) is 1.73. The first kappa shape index (κ1) is 13.4. The van der Waals surface area contributed by atoms with Crippen LogP contribution in [0.3, 0.4) is 0 Å². The standard InChI is InChI=1S/C17H16BrNO/c1-2-16(18)17(20)19-13-7-8-15-12(10-13)9-11-5-3-4-6-14(11)15/h3-8,10,16H,2,9H2,1H3,(H,19,20). The molecule has 0 fully saturated rings. The molecular formula is C17H16BrNO. The zero-order chi connectivity index (χ0) is 14.1. The number of carbonyl (C=O) groups is 1. The monoisotopic (exact) mass is 329 g/mol. The molecule has 1 atom stereocenters. The van der Waals surface area contributed by atoms with Crippen molar-refractivity contribution in [1.82, 2.24) is 0 Å². The first-order valence-electron chi connectivity index (χ1n) is 6.85. The number of carbonyl (C=O) groups excluding carboxylic acids is 1. The minimum absolute atomic E-state index is 0.0166. The Kier molecular flexibility index (Phi) is 3.62. The van der Waals surface area contributed by atoms with Gasteiger partial charge in [-0.2, -0.15) is 0 Å². The van der Waals surface area contributed by atoms with Crippen molar-refractivity contribution in [3.8, 4) is 11.1 Å². The van der Waals surface area contributed by atoms with Gasteiger partial charge in [0, 0.05) is 5.69 Å². The number of fused-ring (bicyclic) bond motifs is 3. The zero-order valence-electron chi connectivity index (χ0n) is 11.3. The van der Waals surface area contributed by atoms with Gasteiger partial charge in [0.15, 0.2) is 0 Å². The van der Waals surface area contributed by atoms with Gasteiger partial charge in [0.25, 0.3) is 0 Å². The summed E-state index contributed by atoms with van der Waals surface area (Å²) >= 11 is 3.37. The van der Waals surface area contributed by atoms with Crippen molar-refractivity contribution in [1.29, 1.82) is 0 Å². The molecule has 0 aromatic heterocycles.